The second-order valence-corrected chi connectivity index (χ2v) is 0.553. The van der Waals surface area contributed by atoms with E-state index in [-0.39, 0.29) is 0 Å². The molecule has 2 nitrogen and oxygen atoms in total. The van der Waals surface area contributed by atoms with Crippen LogP contribution in [0.2, 0.25) is 0 Å². The van der Waals surface area contributed by atoms with Crippen LogP contribution in [0.4, 0.5) is 0 Å². The lowest BCUT2D eigenvalue weighted by Gasteiger charge is -1.93. The molecule has 0 aliphatic rings. The van der Waals surface area contributed by atoms with Crippen LogP contribution < -0.4 is 0 Å². The van der Waals surface area contributed by atoms with E-state index in [1.54, 1.807) is 0 Å². The fourth-order valence-corrected chi connectivity index (χ4v) is 0. The van der Waals surface area contributed by atoms with Crippen LogP contribution in [-0.2, 0) is 4.79 Å². The predicted molar refractivity (Wildman–Crippen MR) is 19.4 cm³/mol. The van der Waals surface area contributed by atoms with Crippen molar-refractivity contribution in [3.8, 4) is 0 Å². The van der Waals surface area contributed by atoms with Gasteiger partial charge in [0.1, 0.15) is 0 Å². The van der Waals surface area contributed by atoms with Crippen molar-refractivity contribution < 1.29 is 4.79 Å². The van der Waals surface area contributed by atoms with E-state index in [4.69, 9.17) is 0 Å². The first kappa shape index (κ1) is 4.60. The Morgan fingerprint density at radius 2 is 1.80 bits per heavy atom. The van der Waals surface area contributed by atoms with E-state index in [0.717, 1.165) is 0 Å². The van der Waals surface area contributed by atoms with Crippen molar-refractivity contribution in [3.63, 3.8) is 0 Å². The molecule has 0 atom stereocenters. The molecule has 0 saturated heterocycles. The van der Waals surface area contributed by atoms with Crippen LogP contribution in [0.25, 0.3) is 0 Å². The second kappa shape index (κ2) is 1.88. The molecule has 4 heteroatoms. The third-order valence-electron chi connectivity index (χ3n) is 0.122. The third-order valence-corrected chi connectivity index (χ3v) is 0.122. The summed E-state index contributed by atoms with van der Waals surface area (Å²) >= 11 is 0. The van der Waals surface area contributed by atoms with Crippen LogP contribution in [0.5, 0.6) is 0 Å². The summed E-state index contributed by atoms with van der Waals surface area (Å²) in [5.41, 5.74) is 0. The molecule has 0 aliphatic carbocycles. The van der Waals surface area contributed by atoms with Crippen molar-refractivity contribution in [2.45, 2.75) is 0 Å². The van der Waals surface area contributed by atoms with Gasteiger partial charge in [-0.2, -0.15) is 0 Å². The van der Waals surface area contributed by atoms with Crippen molar-refractivity contribution in [1.82, 2.24) is 4.72 Å². The summed E-state index contributed by atoms with van der Waals surface area (Å²) in [6.07, 6.45) is 0.306. The molecule has 0 N–H and O–H groups in total. The van der Waals surface area contributed by atoms with Gasteiger partial charge in [-0.3, -0.25) is 4.79 Å². The van der Waals surface area contributed by atoms with E-state index in [9.17, 15) is 4.79 Å². The minimum atomic E-state index is 0.306. The number of nitrogens with zero attached hydrogens (tertiary/aromatic N) is 1. The third kappa shape index (κ3) is 3.60. The minimum Gasteiger partial charge on any atom is -0.451 e. The van der Waals surface area contributed by atoms with Gasteiger partial charge in [-0.1, -0.05) is 0 Å². The topological polar surface area (TPSA) is 20.3 Å². The molecule has 0 aromatic rings. The lowest BCUT2D eigenvalue weighted by atomic mass is 10.2. The maximum absolute atomic E-state index is 9.18. The lowest BCUT2D eigenvalue weighted by molar-refractivity contribution is -0.111. The minimum absolute atomic E-state index is 0.306. The van der Waals surface area contributed by atoms with E-state index in [0.29, 0.717) is 11.1 Å². The van der Waals surface area contributed by atoms with Gasteiger partial charge in [0, 0.05) is 0 Å². The Morgan fingerprint density at radius 1 is 1.60 bits per heavy atom. The number of carbonyl (C=O) groups excluding carboxylic acids is 1. The standard InChI is InChI=1S/CHB2NO/c2-4(3)1-5/h1H. The van der Waals surface area contributed by atoms with Gasteiger partial charge in [0.2, 0.25) is 16.0 Å². The average molecular weight is 64.6 g/mol. The fraction of sp³-hybridized carbons (Fsp3) is 0. The highest BCUT2D eigenvalue weighted by Crippen LogP contribution is 1.47. The van der Waals surface area contributed by atoms with Crippen molar-refractivity contribution >= 4 is 22.4 Å². The largest absolute Gasteiger partial charge is 0.451 e. The van der Waals surface area contributed by atoms with Gasteiger partial charge in [-0.15, -0.1) is 0 Å². The zero-order chi connectivity index (χ0) is 4.28. The summed E-state index contributed by atoms with van der Waals surface area (Å²) in [5.74, 6) is 0. The highest BCUT2D eigenvalue weighted by Gasteiger charge is 1.70. The molecule has 0 bridgehead atoms. The maximum Gasteiger partial charge on any atom is 0.211 e. The van der Waals surface area contributed by atoms with Gasteiger partial charge in [-0.05, 0) is 0 Å². The summed E-state index contributed by atoms with van der Waals surface area (Å²) < 4.78 is 0.444. The van der Waals surface area contributed by atoms with Crippen molar-refractivity contribution in [2.75, 3.05) is 0 Å². The SMILES string of the molecule is [B]N([B])C=O. The molecule has 0 rings (SSSR count). The zero-order valence-corrected chi connectivity index (χ0v) is 2.59. The number of carbonyl (C=O) groups is 1. The summed E-state index contributed by atoms with van der Waals surface area (Å²) in [6, 6.07) is 0. The monoisotopic (exact) mass is 65.0 g/mol. The Kier molecular flexibility index (Phi) is 1.73. The molecule has 0 heterocycles. The molecule has 0 saturated carbocycles. The van der Waals surface area contributed by atoms with Crippen LogP contribution >= 0.6 is 0 Å². The number of amides is 1. The van der Waals surface area contributed by atoms with Crippen LogP contribution in [0.1, 0.15) is 0 Å². The van der Waals surface area contributed by atoms with Crippen molar-refractivity contribution in [1.29, 1.82) is 0 Å². The van der Waals surface area contributed by atoms with E-state index in [1.165, 1.54) is 0 Å². The molecular formula is CHB2NO. The smallest absolute Gasteiger partial charge is 0.211 e. The maximum atomic E-state index is 9.18. The molecule has 0 aliphatic heterocycles. The van der Waals surface area contributed by atoms with Gasteiger partial charge < -0.3 is 4.72 Å². The Morgan fingerprint density at radius 3 is 1.80 bits per heavy atom. The molecule has 4 radical (unpaired) electrons. The average Bonchev–Trinajstić information content (AvgIpc) is 1.38. The van der Waals surface area contributed by atoms with E-state index >= 15 is 0 Å². The normalized spacial score (nSPS) is 6.40. The first-order valence-corrected chi connectivity index (χ1v) is 1.01. The zero-order valence-electron chi connectivity index (χ0n) is 2.59. The van der Waals surface area contributed by atoms with Gasteiger partial charge in [-0.25, -0.2) is 0 Å². The van der Waals surface area contributed by atoms with E-state index in [2.05, 4.69) is 16.0 Å². The summed E-state index contributed by atoms with van der Waals surface area (Å²) in [6.45, 7) is 0. The number of rotatable bonds is 1. The molecule has 0 unspecified atom stereocenters. The molecular weight excluding hydrogens is 63.6 g/mol. The Balaban J connectivity index is 2.83. The molecule has 22 valence electrons. The van der Waals surface area contributed by atoms with Crippen molar-refractivity contribution in [3.05, 3.63) is 0 Å². The van der Waals surface area contributed by atoms with Gasteiger partial charge in [0.15, 0.2) is 6.41 Å². The Hall–Kier alpha value is -0.400. The Bertz CT molecular complexity index is 36.6. The van der Waals surface area contributed by atoms with Crippen LogP contribution in [0.15, 0.2) is 0 Å². The summed E-state index contributed by atoms with van der Waals surface area (Å²) in [7, 11) is 9.07. The van der Waals surface area contributed by atoms with Crippen LogP contribution in [-0.4, -0.2) is 27.1 Å². The quantitative estimate of drug-likeness (QED) is 0.272. The molecule has 0 aromatic heterocycles. The lowest BCUT2D eigenvalue weighted by Crippen LogP contribution is -2.11. The van der Waals surface area contributed by atoms with Crippen molar-refractivity contribution in [2.24, 2.45) is 0 Å². The number of hydrogen-bond donors (Lipinski definition) is 0. The molecule has 0 fully saturated rings. The Labute approximate surface area is 33.0 Å². The van der Waals surface area contributed by atoms with E-state index in [1.807, 2.05) is 0 Å². The van der Waals surface area contributed by atoms with Crippen LogP contribution in [0, 0.1) is 0 Å². The molecule has 5 heavy (non-hydrogen) atoms. The highest BCUT2D eigenvalue weighted by molar-refractivity contribution is 6.30. The van der Waals surface area contributed by atoms with Gasteiger partial charge >= 0.3 is 0 Å². The van der Waals surface area contributed by atoms with Gasteiger partial charge in [0.25, 0.3) is 0 Å². The summed E-state index contributed by atoms with van der Waals surface area (Å²) in [5, 5.41) is 0. The van der Waals surface area contributed by atoms with Gasteiger partial charge in [0.05, 0.1) is 0 Å². The first-order valence-electron chi connectivity index (χ1n) is 1.01. The fourth-order valence-electron chi connectivity index (χ4n) is 0. The molecule has 0 spiro atoms. The van der Waals surface area contributed by atoms with Crippen LogP contribution in [0.3, 0.4) is 0 Å². The highest BCUT2D eigenvalue weighted by atomic mass is 16.1. The first-order chi connectivity index (χ1) is 2.27. The predicted octanol–water partition coefficient (Wildman–Crippen LogP) is -1.39. The number of hydrogen-bond acceptors (Lipinski definition) is 1. The van der Waals surface area contributed by atoms with E-state index < -0.39 is 0 Å². The molecule has 0 aromatic carbocycles. The second-order valence-electron chi connectivity index (χ2n) is 0.553. The molecule has 1 amide bonds. The summed E-state index contributed by atoms with van der Waals surface area (Å²) in [4.78, 5) is 9.18.